The number of anilines is 1. The van der Waals surface area contributed by atoms with E-state index in [1.165, 1.54) is 17.4 Å². The molecule has 0 aliphatic heterocycles. The van der Waals surface area contributed by atoms with E-state index in [0.29, 0.717) is 5.13 Å². The molecule has 0 fully saturated rings. The lowest BCUT2D eigenvalue weighted by Crippen LogP contribution is -2.06. The van der Waals surface area contributed by atoms with Crippen molar-refractivity contribution in [3.05, 3.63) is 75.0 Å². The highest BCUT2D eigenvalue weighted by Crippen LogP contribution is 2.27. The fourth-order valence-electron chi connectivity index (χ4n) is 2.06. The fraction of sp³-hybridized carbons (Fsp3) is 0.0556. The molecule has 7 heteroatoms. The fourth-order valence-corrected chi connectivity index (χ4v) is 3.18. The van der Waals surface area contributed by atoms with Gasteiger partial charge in [-0.05, 0) is 47.5 Å². The van der Waals surface area contributed by atoms with Crippen LogP contribution in [0.1, 0.15) is 5.56 Å². The molecular weight excluding hydrogens is 402 g/mol. The molecule has 0 saturated heterocycles. The van der Waals surface area contributed by atoms with E-state index < -0.39 is 0 Å². The van der Waals surface area contributed by atoms with Gasteiger partial charge in [-0.25, -0.2) is 0 Å². The summed E-state index contributed by atoms with van der Waals surface area (Å²) in [7, 11) is 1.62. The Hall–Kier alpha value is -2.51. The van der Waals surface area contributed by atoms with Gasteiger partial charge >= 0.3 is 0 Å². The van der Waals surface area contributed by atoms with Crippen LogP contribution in [0.5, 0.6) is 5.75 Å². The highest BCUT2D eigenvalue weighted by molar-refractivity contribution is 9.10. The Bertz CT molecular complexity index is 938. The van der Waals surface area contributed by atoms with Gasteiger partial charge in [0.15, 0.2) is 0 Å². The van der Waals surface area contributed by atoms with Gasteiger partial charge in [-0.3, -0.25) is 10.2 Å². The largest absolute Gasteiger partial charge is 0.497 e. The number of aromatic nitrogens is 1. The van der Waals surface area contributed by atoms with Gasteiger partial charge in [-0.2, -0.15) is 10.1 Å². The molecule has 0 aliphatic carbocycles. The second kappa shape index (κ2) is 8.04. The molecule has 5 nitrogen and oxygen atoms in total. The van der Waals surface area contributed by atoms with Crippen LogP contribution < -0.4 is 15.7 Å². The molecule has 1 aromatic heterocycles. The summed E-state index contributed by atoms with van der Waals surface area (Å²) in [6.07, 6.45) is 1.66. The molecule has 1 N–H and O–H groups in total. The zero-order valence-corrected chi connectivity index (χ0v) is 15.7. The van der Waals surface area contributed by atoms with Crippen molar-refractivity contribution in [3.63, 3.8) is 0 Å². The number of methoxy groups -OCH3 is 1. The van der Waals surface area contributed by atoms with Crippen molar-refractivity contribution in [1.29, 1.82) is 0 Å². The molecule has 0 spiro atoms. The summed E-state index contributed by atoms with van der Waals surface area (Å²) in [6.45, 7) is 0. The van der Waals surface area contributed by atoms with Crippen LogP contribution in [-0.4, -0.2) is 18.3 Å². The van der Waals surface area contributed by atoms with Gasteiger partial charge in [-0.15, -0.1) is 0 Å². The molecule has 0 amide bonds. The molecule has 0 bridgehead atoms. The maximum Gasteiger partial charge on any atom is 0.273 e. The van der Waals surface area contributed by atoms with Crippen LogP contribution in [0, 0.1) is 0 Å². The van der Waals surface area contributed by atoms with Crippen molar-refractivity contribution < 1.29 is 4.74 Å². The molecule has 25 heavy (non-hydrogen) atoms. The average molecular weight is 416 g/mol. The Kier molecular flexibility index (Phi) is 5.57. The van der Waals surface area contributed by atoms with Crippen LogP contribution in [0.4, 0.5) is 5.13 Å². The summed E-state index contributed by atoms with van der Waals surface area (Å²) in [5.74, 6) is 0.784. The number of ether oxygens (including phenoxy) is 1. The van der Waals surface area contributed by atoms with Crippen molar-refractivity contribution in [2.75, 3.05) is 12.5 Å². The number of rotatable bonds is 5. The molecule has 3 rings (SSSR count). The normalized spacial score (nSPS) is 10.8. The third-order valence-corrected chi connectivity index (χ3v) is 4.77. The molecule has 2 aromatic carbocycles. The second-order valence-electron chi connectivity index (χ2n) is 5.02. The van der Waals surface area contributed by atoms with Gasteiger partial charge in [0.05, 0.1) is 13.3 Å². The molecule has 0 aliphatic rings. The van der Waals surface area contributed by atoms with E-state index in [1.54, 1.807) is 13.3 Å². The van der Waals surface area contributed by atoms with Crippen molar-refractivity contribution >= 4 is 38.6 Å². The Morgan fingerprint density at radius 2 is 1.88 bits per heavy atom. The van der Waals surface area contributed by atoms with Crippen LogP contribution in [0.3, 0.4) is 0 Å². The maximum atomic E-state index is 11.8. The molecule has 0 saturated carbocycles. The van der Waals surface area contributed by atoms with E-state index in [1.807, 2.05) is 48.5 Å². The smallest absolute Gasteiger partial charge is 0.273 e. The zero-order chi connectivity index (χ0) is 17.6. The van der Waals surface area contributed by atoms with E-state index in [9.17, 15) is 4.79 Å². The lowest BCUT2D eigenvalue weighted by molar-refractivity contribution is 0.415. The molecule has 0 unspecified atom stereocenters. The third kappa shape index (κ3) is 4.74. The first-order chi connectivity index (χ1) is 12.1. The number of hydrogen-bond donors (Lipinski definition) is 1. The standard InChI is InChI=1S/C18H14BrN3O2S/c1-24-15-8-2-12(3-9-15)11-20-22-18-21-17(23)10-16(25-18)13-4-6-14(19)7-5-13/h2-11H,1H3,(H,21,22,23)/b20-11+. The molecule has 3 aromatic rings. The summed E-state index contributed by atoms with van der Waals surface area (Å²) in [5.41, 5.74) is 4.37. The Labute approximate surface area is 157 Å². The minimum absolute atomic E-state index is 0.307. The number of hydrogen-bond acceptors (Lipinski definition) is 6. The monoisotopic (exact) mass is 415 g/mol. The zero-order valence-electron chi connectivity index (χ0n) is 13.3. The lowest BCUT2D eigenvalue weighted by Gasteiger charge is -2.03. The average Bonchev–Trinajstić information content (AvgIpc) is 2.62. The van der Waals surface area contributed by atoms with Crippen molar-refractivity contribution in [2.45, 2.75) is 0 Å². The van der Waals surface area contributed by atoms with Gasteiger partial charge in [-0.1, -0.05) is 39.4 Å². The topological polar surface area (TPSA) is 63.6 Å². The first-order valence-corrected chi connectivity index (χ1v) is 8.96. The Morgan fingerprint density at radius 1 is 1.16 bits per heavy atom. The maximum absolute atomic E-state index is 11.8. The van der Waals surface area contributed by atoms with Gasteiger partial charge in [0.2, 0.25) is 5.13 Å². The number of halogens is 1. The minimum Gasteiger partial charge on any atom is -0.497 e. The van der Waals surface area contributed by atoms with Crippen molar-refractivity contribution in [2.24, 2.45) is 5.10 Å². The van der Waals surface area contributed by atoms with E-state index in [0.717, 1.165) is 26.2 Å². The predicted molar refractivity (Wildman–Crippen MR) is 106 cm³/mol. The predicted octanol–water partition coefficient (Wildman–Crippen LogP) is 4.39. The summed E-state index contributed by atoms with van der Waals surface area (Å²) in [5, 5.41) is 4.58. The number of nitrogens with zero attached hydrogens (tertiary/aromatic N) is 2. The van der Waals surface area contributed by atoms with Gasteiger partial charge < -0.3 is 4.74 Å². The summed E-state index contributed by atoms with van der Waals surface area (Å²) >= 11 is 4.77. The van der Waals surface area contributed by atoms with Crippen LogP contribution in [0.15, 0.2) is 69.0 Å². The summed E-state index contributed by atoms with van der Waals surface area (Å²) < 4.78 is 6.10. The van der Waals surface area contributed by atoms with Crippen LogP contribution >= 0.6 is 27.3 Å². The third-order valence-electron chi connectivity index (χ3n) is 3.29. The SMILES string of the molecule is COc1ccc(/C=N/Nc2nc(=O)cc(-c3ccc(Br)cc3)s2)cc1. The molecule has 0 radical (unpaired) electrons. The van der Waals surface area contributed by atoms with Crippen LogP contribution in [0.2, 0.25) is 0 Å². The number of nitrogens with one attached hydrogen (secondary N) is 1. The van der Waals surface area contributed by atoms with Crippen molar-refractivity contribution in [3.8, 4) is 16.2 Å². The number of hydrazone groups is 1. The van der Waals surface area contributed by atoms with Gasteiger partial charge in [0.25, 0.3) is 5.56 Å². The first-order valence-electron chi connectivity index (χ1n) is 7.35. The van der Waals surface area contributed by atoms with E-state index in [2.05, 4.69) is 31.4 Å². The highest BCUT2D eigenvalue weighted by Gasteiger charge is 2.04. The summed E-state index contributed by atoms with van der Waals surface area (Å²) in [4.78, 5) is 16.6. The summed E-state index contributed by atoms with van der Waals surface area (Å²) in [6, 6.07) is 16.8. The Balaban J connectivity index is 1.77. The van der Waals surface area contributed by atoms with Crippen LogP contribution in [0.25, 0.3) is 10.4 Å². The Morgan fingerprint density at radius 3 is 2.56 bits per heavy atom. The van der Waals surface area contributed by atoms with Gasteiger partial charge in [0, 0.05) is 15.4 Å². The molecule has 0 atom stereocenters. The van der Waals surface area contributed by atoms with Crippen LogP contribution in [-0.2, 0) is 0 Å². The highest BCUT2D eigenvalue weighted by atomic mass is 79.9. The lowest BCUT2D eigenvalue weighted by atomic mass is 10.2. The van der Waals surface area contributed by atoms with E-state index in [-0.39, 0.29) is 5.56 Å². The quantitative estimate of drug-likeness (QED) is 0.495. The van der Waals surface area contributed by atoms with E-state index >= 15 is 0 Å². The molecular formula is C18H14BrN3O2S. The van der Waals surface area contributed by atoms with Crippen molar-refractivity contribution in [1.82, 2.24) is 4.98 Å². The van der Waals surface area contributed by atoms with E-state index in [4.69, 9.17) is 4.74 Å². The first kappa shape index (κ1) is 17.3. The molecule has 126 valence electrons. The second-order valence-corrected chi connectivity index (χ2v) is 6.96. The number of benzene rings is 2. The molecule has 1 heterocycles. The minimum atomic E-state index is -0.307. The van der Waals surface area contributed by atoms with Gasteiger partial charge in [0.1, 0.15) is 5.75 Å².